The molecule has 0 fully saturated rings. The third-order valence-corrected chi connectivity index (χ3v) is 4.22. The Bertz CT molecular complexity index is 621. The summed E-state index contributed by atoms with van der Waals surface area (Å²) in [5.41, 5.74) is 2.01. The highest BCUT2D eigenvalue weighted by Crippen LogP contribution is 2.18. The number of hydrogen-bond acceptors (Lipinski definition) is 3. The number of H-pyrrole nitrogens is 1. The second-order valence-corrected chi connectivity index (χ2v) is 5.80. The highest BCUT2D eigenvalue weighted by Gasteiger charge is 2.20. The molecular weight excluding hydrogens is 250 g/mol. The van der Waals surface area contributed by atoms with Crippen molar-refractivity contribution < 1.29 is 8.42 Å². The van der Waals surface area contributed by atoms with Crippen molar-refractivity contribution in [3.63, 3.8) is 0 Å². The van der Waals surface area contributed by atoms with Crippen LogP contribution in [0.15, 0.2) is 41.8 Å². The molecule has 96 valence electrons. The van der Waals surface area contributed by atoms with Gasteiger partial charge in [-0.15, -0.1) is 0 Å². The Morgan fingerprint density at radius 3 is 2.67 bits per heavy atom. The Labute approximate surface area is 106 Å². The Kier molecular flexibility index (Phi) is 3.49. The molecule has 0 aliphatic rings. The standard InChI is InChI=1S/C12H15N3O2S/c1-9-5-3-4-6-11(9)10(2)15-18(16,17)12-7-13-8-14-12/h3-8,10,15H,1-2H3,(H,13,14). The molecule has 1 atom stereocenters. The van der Waals surface area contributed by atoms with Crippen molar-refractivity contribution in [2.45, 2.75) is 24.9 Å². The van der Waals surface area contributed by atoms with E-state index in [1.807, 2.05) is 38.1 Å². The van der Waals surface area contributed by atoms with Crippen LogP contribution in [0, 0.1) is 6.92 Å². The highest BCUT2D eigenvalue weighted by atomic mass is 32.2. The lowest BCUT2D eigenvalue weighted by molar-refractivity contribution is 0.563. The van der Waals surface area contributed by atoms with Crippen LogP contribution in [0.2, 0.25) is 0 Å². The van der Waals surface area contributed by atoms with Gasteiger partial charge in [0.05, 0.1) is 12.5 Å². The first-order valence-corrected chi connectivity index (χ1v) is 7.05. The first-order valence-electron chi connectivity index (χ1n) is 5.57. The molecule has 6 heteroatoms. The van der Waals surface area contributed by atoms with Crippen molar-refractivity contribution in [2.24, 2.45) is 0 Å². The number of aryl methyl sites for hydroxylation is 1. The second-order valence-electron chi connectivity index (χ2n) is 4.12. The molecule has 0 aliphatic carbocycles. The fourth-order valence-electron chi connectivity index (χ4n) is 1.82. The molecule has 2 rings (SSSR count). The van der Waals surface area contributed by atoms with Gasteiger partial charge in [0.25, 0.3) is 10.0 Å². The molecule has 1 heterocycles. The van der Waals surface area contributed by atoms with Crippen molar-refractivity contribution >= 4 is 10.0 Å². The van der Waals surface area contributed by atoms with Gasteiger partial charge in [0.2, 0.25) is 0 Å². The number of imidazole rings is 1. The summed E-state index contributed by atoms with van der Waals surface area (Å²) in [5, 5.41) is 0.0722. The summed E-state index contributed by atoms with van der Waals surface area (Å²) >= 11 is 0. The van der Waals surface area contributed by atoms with Crippen molar-refractivity contribution in [3.05, 3.63) is 47.9 Å². The summed E-state index contributed by atoms with van der Waals surface area (Å²) in [7, 11) is -3.55. The molecule has 0 aliphatic heterocycles. The fraction of sp³-hybridized carbons (Fsp3) is 0.250. The summed E-state index contributed by atoms with van der Waals surface area (Å²) in [6.45, 7) is 3.77. The van der Waals surface area contributed by atoms with E-state index in [0.29, 0.717) is 0 Å². The van der Waals surface area contributed by atoms with E-state index in [1.54, 1.807) is 0 Å². The Morgan fingerprint density at radius 1 is 1.33 bits per heavy atom. The molecule has 18 heavy (non-hydrogen) atoms. The molecule has 1 aromatic heterocycles. The molecule has 5 nitrogen and oxygen atoms in total. The van der Waals surface area contributed by atoms with Gasteiger partial charge < -0.3 is 4.98 Å². The lowest BCUT2D eigenvalue weighted by atomic mass is 10.0. The summed E-state index contributed by atoms with van der Waals surface area (Å²) in [6, 6.07) is 7.39. The number of benzene rings is 1. The number of rotatable bonds is 4. The molecule has 2 aromatic rings. The van der Waals surface area contributed by atoms with Crippen LogP contribution in [-0.2, 0) is 10.0 Å². The monoisotopic (exact) mass is 265 g/mol. The largest absolute Gasteiger partial charge is 0.335 e. The second kappa shape index (κ2) is 4.91. The molecule has 0 saturated carbocycles. The van der Waals surface area contributed by atoms with Gasteiger partial charge in [0, 0.05) is 6.04 Å². The van der Waals surface area contributed by atoms with E-state index in [4.69, 9.17) is 0 Å². The number of sulfonamides is 1. The maximum absolute atomic E-state index is 12.0. The Hall–Kier alpha value is -1.66. The van der Waals surface area contributed by atoms with Crippen LogP contribution in [0.5, 0.6) is 0 Å². The van der Waals surface area contributed by atoms with E-state index in [2.05, 4.69) is 14.7 Å². The topological polar surface area (TPSA) is 74.8 Å². The van der Waals surface area contributed by atoms with E-state index >= 15 is 0 Å². The van der Waals surface area contributed by atoms with Gasteiger partial charge in [-0.25, -0.2) is 18.1 Å². The first-order chi connectivity index (χ1) is 8.50. The van der Waals surface area contributed by atoms with Crippen LogP contribution in [0.1, 0.15) is 24.1 Å². The number of aromatic amines is 1. The lowest BCUT2D eigenvalue weighted by Gasteiger charge is -2.15. The Morgan fingerprint density at radius 2 is 2.06 bits per heavy atom. The normalized spacial score (nSPS) is 13.4. The van der Waals surface area contributed by atoms with Crippen LogP contribution in [0.25, 0.3) is 0 Å². The van der Waals surface area contributed by atoms with Crippen LogP contribution in [0.3, 0.4) is 0 Å². The SMILES string of the molecule is Cc1ccccc1C(C)NS(=O)(=O)c1cnc[nH]1. The molecule has 2 N–H and O–H groups in total. The molecule has 0 spiro atoms. The minimum atomic E-state index is -3.55. The molecule has 0 amide bonds. The van der Waals surface area contributed by atoms with Crippen molar-refractivity contribution in [3.8, 4) is 0 Å². The lowest BCUT2D eigenvalue weighted by Crippen LogP contribution is -2.27. The van der Waals surface area contributed by atoms with Crippen LogP contribution >= 0.6 is 0 Å². The summed E-state index contributed by atoms with van der Waals surface area (Å²) in [6.07, 6.45) is 2.62. The van der Waals surface area contributed by atoms with Crippen molar-refractivity contribution in [1.29, 1.82) is 0 Å². The smallest absolute Gasteiger partial charge is 0.258 e. The minimum absolute atomic E-state index is 0.0722. The predicted molar refractivity (Wildman–Crippen MR) is 68.5 cm³/mol. The molecule has 0 saturated heterocycles. The average molecular weight is 265 g/mol. The van der Waals surface area contributed by atoms with E-state index in [0.717, 1.165) is 11.1 Å². The van der Waals surface area contributed by atoms with Crippen LogP contribution in [0.4, 0.5) is 0 Å². The molecular formula is C12H15N3O2S. The maximum atomic E-state index is 12.0. The number of nitrogens with one attached hydrogen (secondary N) is 2. The number of aromatic nitrogens is 2. The summed E-state index contributed by atoms with van der Waals surface area (Å²) in [4.78, 5) is 6.30. The third-order valence-electron chi connectivity index (χ3n) is 2.75. The van der Waals surface area contributed by atoms with Crippen LogP contribution in [-0.4, -0.2) is 18.4 Å². The zero-order chi connectivity index (χ0) is 13.2. The molecule has 1 aromatic carbocycles. The van der Waals surface area contributed by atoms with Gasteiger partial charge >= 0.3 is 0 Å². The van der Waals surface area contributed by atoms with Crippen molar-refractivity contribution in [2.75, 3.05) is 0 Å². The van der Waals surface area contributed by atoms with E-state index in [1.165, 1.54) is 12.5 Å². The van der Waals surface area contributed by atoms with Gasteiger partial charge in [0.1, 0.15) is 0 Å². The number of nitrogens with zero attached hydrogens (tertiary/aromatic N) is 1. The van der Waals surface area contributed by atoms with E-state index in [-0.39, 0.29) is 11.1 Å². The fourth-order valence-corrected chi connectivity index (χ4v) is 2.95. The van der Waals surface area contributed by atoms with Gasteiger partial charge in [-0.1, -0.05) is 24.3 Å². The minimum Gasteiger partial charge on any atom is -0.335 e. The average Bonchev–Trinajstić information content (AvgIpc) is 2.82. The summed E-state index contributed by atoms with van der Waals surface area (Å²) < 4.78 is 26.6. The summed E-state index contributed by atoms with van der Waals surface area (Å²) in [5.74, 6) is 0. The predicted octanol–water partition coefficient (Wildman–Crippen LogP) is 1.76. The number of hydrogen-bond donors (Lipinski definition) is 2. The molecule has 0 radical (unpaired) electrons. The molecule has 0 bridgehead atoms. The first kappa shape index (κ1) is 12.8. The van der Waals surface area contributed by atoms with E-state index < -0.39 is 10.0 Å². The quantitative estimate of drug-likeness (QED) is 0.884. The maximum Gasteiger partial charge on any atom is 0.258 e. The van der Waals surface area contributed by atoms with Gasteiger partial charge in [0.15, 0.2) is 5.03 Å². The van der Waals surface area contributed by atoms with Gasteiger partial charge in [-0.2, -0.15) is 0 Å². The van der Waals surface area contributed by atoms with E-state index in [9.17, 15) is 8.42 Å². The van der Waals surface area contributed by atoms with Gasteiger partial charge in [-0.05, 0) is 25.0 Å². The third kappa shape index (κ3) is 2.60. The van der Waals surface area contributed by atoms with Crippen molar-refractivity contribution in [1.82, 2.24) is 14.7 Å². The zero-order valence-corrected chi connectivity index (χ0v) is 11.0. The van der Waals surface area contributed by atoms with Gasteiger partial charge in [-0.3, -0.25) is 0 Å². The zero-order valence-electron chi connectivity index (χ0n) is 10.2. The highest BCUT2D eigenvalue weighted by molar-refractivity contribution is 7.89. The Balaban J connectivity index is 2.23. The van der Waals surface area contributed by atoms with Crippen LogP contribution < -0.4 is 4.72 Å². The molecule has 1 unspecified atom stereocenters.